The molecule has 0 saturated carbocycles. The maximum absolute atomic E-state index is 13.8. The van der Waals surface area contributed by atoms with Crippen molar-refractivity contribution >= 4 is 54.3 Å². The van der Waals surface area contributed by atoms with E-state index in [1.165, 1.54) is 18.4 Å². The van der Waals surface area contributed by atoms with Crippen LogP contribution in [0.1, 0.15) is 12.1 Å². The van der Waals surface area contributed by atoms with E-state index in [4.69, 9.17) is 0 Å². The molecule has 0 atom stereocenters. The molecule has 2 heterocycles. The van der Waals surface area contributed by atoms with Crippen LogP contribution in [0.25, 0.3) is 10.9 Å². The van der Waals surface area contributed by atoms with E-state index in [0.29, 0.717) is 26.1 Å². The molecule has 8 heteroatoms. The third kappa shape index (κ3) is 4.53. The minimum atomic E-state index is -3.01. The molecule has 0 spiro atoms. The van der Waals surface area contributed by atoms with Gasteiger partial charge in [-0.05, 0) is 48.9 Å². The van der Waals surface area contributed by atoms with Gasteiger partial charge in [0.15, 0.2) is 0 Å². The normalized spacial score (nSPS) is 13.8. The molecule has 0 N–H and O–H groups in total. The number of aryl methyl sites for hydroxylation is 1. The highest BCUT2D eigenvalue weighted by molar-refractivity contribution is 9.10. The number of nitrogens with zero attached hydrogens (tertiary/aromatic N) is 3. The van der Waals surface area contributed by atoms with Crippen LogP contribution in [-0.4, -0.2) is 37.8 Å². The van der Waals surface area contributed by atoms with Gasteiger partial charge in [-0.15, -0.1) is 0 Å². The quantitative estimate of drug-likeness (QED) is 0.516. The molecular formula is C21H21BrFN3O2S. The Morgan fingerprint density at radius 3 is 2.79 bits per heavy atom. The van der Waals surface area contributed by atoms with E-state index >= 15 is 0 Å². The molecule has 5 nitrogen and oxygen atoms in total. The number of sulfone groups is 1. The second kappa shape index (κ2) is 7.91. The molecule has 0 radical (unpaired) electrons. The first-order valence-electron chi connectivity index (χ1n) is 9.32. The number of anilines is 1. The van der Waals surface area contributed by atoms with Crippen molar-refractivity contribution in [1.29, 1.82) is 0 Å². The molecule has 2 aromatic carbocycles. The Balaban J connectivity index is 1.69. The van der Waals surface area contributed by atoms with Gasteiger partial charge < -0.3 is 9.47 Å². The van der Waals surface area contributed by atoms with Gasteiger partial charge >= 0.3 is 0 Å². The smallest absolute Gasteiger partial charge is 0.147 e. The highest BCUT2D eigenvalue weighted by Crippen LogP contribution is 2.33. The molecule has 0 fully saturated rings. The third-order valence-corrected chi connectivity index (χ3v) is 6.53. The Morgan fingerprint density at radius 1 is 1.17 bits per heavy atom. The van der Waals surface area contributed by atoms with E-state index in [2.05, 4.69) is 42.5 Å². The van der Waals surface area contributed by atoms with Crippen LogP contribution in [0.2, 0.25) is 0 Å². The average molecular weight is 478 g/mol. The second-order valence-corrected chi connectivity index (χ2v) is 10.5. The average Bonchev–Trinajstić information content (AvgIpc) is 2.97. The molecule has 0 aliphatic carbocycles. The number of rotatable bonds is 6. The van der Waals surface area contributed by atoms with Crippen molar-refractivity contribution in [3.8, 4) is 0 Å². The van der Waals surface area contributed by atoms with Gasteiger partial charge in [0.1, 0.15) is 15.7 Å². The van der Waals surface area contributed by atoms with Crippen molar-refractivity contribution in [1.82, 2.24) is 4.57 Å². The predicted octanol–water partition coefficient (Wildman–Crippen LogP) is 4.70. The predicted molar refractivity (Wildman–Crippen MR) is 120 cm³/mol. The maximum atomic E-state index is 13.8. The first-order chi connectivity index (χ1) is 13.8. The lowest BCUT2D eigenvalue weighted by molar-refractivity contribution is 0.590. The minimum Gasteiger partial charge on any atom is -0.359 e. The van der Waals surface area contributed by atoms with E-state index in [1.54, 1.807) is 6.07 Å². The van der Waals surface area contributed by atoms with E-state index in [1.807, 2.05) is 18.3 Å². The largest absolute Gasteiger partial charge is 0.359 e. The molecule has 3 aromatic rings. The van der Waals surface area contributed by atoms with Crippen molar-refractivity contribution in [2.24, 2.45) is 4.99 Å². The summed E-state index contributed by atoms with van der Waals surface area (Å²) in [5, 5.41) is 1.08. The molecule has 152 valence electrons. The van der Waals surface area contributed by atoms with Crippen molar-refractivity contribution < 1.29 is 12.8 Å². The summed E-state index contributed by atoms with van der Waals surface area (Å²) in [5.41, 5.74) is 3.63. The highest BCUT2D eigenvalue weighted by atomic mass is 79.9. The first kappa shape index (κ1) is 20.1. The maximum Gasteiger partial charge on any atom is 0.147 e. The van der Waals surface area contributed by atoms with Crippen LogP contribution >= 0.6 is 15.9 Å². The topological polar surface area (TPSA) is 54.7 Å². The van der Waals surface area contributed by atoms with Crippen molar-refractivity contribution in [3.63, 3.8) is 0 Å². The molecule has 1 aromatic heterocycles. The Kier molecular flexibility index (Phi) is 5.48. The van der Waals surface area contributed by atoms with Gasteiger partial charge in [-0.2, -0.15) is 0 Å². The number of benzene rings is 2. The summed E-state index contributed by atoms with van der Waals surface area (Å²) in [5.74, 6) is -0.143. The van der Waals surface area contributed by atoms with E-state index in [9.17, 15) is 12.8 Å². The van der Waals surface area contributed by atoms with Crippen molar-refractivity contribution in [2.75, 3.05) is 23.5 Å². The van der Waals surface area contributed by atoms with Crippen LogP contribution in [0, 0.1) is 5.82 Å². The molecule has 1 aliphatic heterocycles. The fraction of sp³-hybridized carbons (Fsp3) is 0.286. The molecule has 0 unspecified atom stereocenters. The summed E-state index contributed by atoms with van der Waals surface area (Å²) >= 11 is 3.51. The Bertz CT molecular complexity index is 1200. The molecular weight excluding hydrogens is 457 g/mol. The van der Waals surface area contributed by atoms with Gasteiger partial charge in [-0.1, -0.05) is 15.9 Å². The van der Waals surface area contributed by atoms with Crippen LogP contribution in [-0.2, 0) is 22.9 Å². The Morgan fingerprint density at radius 2 is 2.00 bits per heavy atom. The lowest BCUT2D eigenvalue weighted by Gasteiger charge is -2.28. The monoisotopic (exact) mass is 477 g/mol. The van der Waals surface area contributed by atoms with Crippen LogP contribution < -0.4 is 4.90 Å². The molecule has 0 bridgehead atoms. The standard InChI is InChI=1S/C21H21BrFN3O2S/c1-29(27,28)10-2-8-26-18(12-15-11-16(22)3-6-20(15)26)14-25-9-7-24-19-5-4-17(23)13-21(19)25/h3-7,11-13H,2,8-10,14H2,1H3. The van der Waals surface area contributed by atoms with Gasteiger partial charge in [-0.25, -0.2) is 12.8 Å². The molecule has 4 rings (SSSR count). The number of fused-ring (bicyclic) bond motifs is 2. The Hall–Kier alpha value is -2.19. The number of hydrogen-bond donors (Lipinski definition) is 0. The Labute approximate surface area is 177 Å². The van der Waals surface area contributed by atoms with Gasteiger partial charge in [-0.3, -0.25) is 4.99 Å². The zero-order valence-corrected chi connectivity index (χ0v) is 18.4. The van der Waals surface area contributed by atoms with Gasteiger partial charge in [0.25, 0.3) is 0 Å². The molecule has 29 heavy (non-hydrogen) atoms. The van der Waals surface area contributed by atoms with Gasteiger partial charge in [0, 0.05) is 40.1 Å². The number of hydrogen-bond acceptors (Lipinski definition) is 4. The van der Waals surface area contributed by atoms with Crippen LogP contribution in [0.15, 0.2) is 51.9 Å². The molecule has 1 aliphatic rings. The van der Waals surface area contributed by atoms with Gasteiger partial charge in [0.2, 0.25) is 0 Å². The molecule has 0 saturated heterocycles. The SMILES string of the molecule is CS(=O)(=O)CCCn1c(CN2CC=Nc3ccc(F)cc32)cc2cc(Br)ccc21. The van der Waals surface area contributed by atoms with Crippen LogP contribution in [0.5, 0.6) is 0 Å². The first-order valence-corrected chi connectivity index (χ1v) is 12.2. The van der Waals surface area contributed by atoms with Crippen molar-refractivity contribution in [3.05, 3.63) is 58.4 Å². The number of aliphatic imine (C=N–C) groups is 1. The van der Waals surface area contributed by atoms with Gasteiger partial charge in [0.05, 0.1) is 30.2 Å². The van der Waals surface area contributed by atoms with Crippen LogP contribution in [0.4, 0.5) is 15.8 Å². The summed E-state index contributed by atoms with van der Waals surface area (Å²) in [6, 6.07) is 12.8. The second-order valence-electron chi connectivity index (χ2n) is 7.30. The summed E-state index contributed by atoms with van der Waals surface area (Å²) in [6.07, 6.45) is 3.63. The van der Waals surface area contributed by atoms with E-state index < -0.39 is 9.84 Å². The summed E-state index contributed by atoms with van der Waals surface area (Å²) in [4.78, 5) is 6.45. The van der Waals surface area contributed by atoms with E-state index in [0.717, 1.165) is 32.4 Å². The highest BCUT2D eigenvalue weighted by Gasteiger charge is 2.18. The van der Waals surface area contributed by atoms with Crippen molar-refractivity contribution in [2.45, 2.75) is 19.5 Å². The number of aromatic nitrogens is 1. The zero-order valence-electron chi connectivity index (χ0n) is 16.0. The number of halogens is 2. The van der Waals surface area contributed by atoms with Crippen LogP contribution in [0.3, 0.4) is 0 Å². The fourth-order valence-electron chi connectivity index (χ4n) is 3.72. The lowest BCUT2D eigenvalue weighted by Crippen LogP contribution is -2.28. The minimum absolute atomic E-state index is 0.146. The van der Waals surface area contributed by atoms with E-state index in [-0.39, 0.29) is 11.6 Å². The third-order valence-electron chi connectivity index (χ3n) is 5.01. The zero-order chi connectivity index (χ0) is 20.6. The summed E-state index contributed by atoms with van der Waals surface area (Å²) in [6.45, 7) is 1.77. The summed E-state index contributed by atoms with van der Waals surface area (Å²) in [7, 11) is -3.01. The lowest BCUT2D eigenvalue weighted by atomic mass is 10.2. The summed E-state index contributed by atoms with van der Waals surface area (Å²) < 4.78 is 40.1. The molecule has 0 amide bonds. The fourth-order valence-corrected chi connectivity index (χ4v) is 4.75.